The van der Waals surface area contributed by atoms with Crippen LogP contribution in [0.15, 0.2) is 36.4 Å². The second-order valence-corrected chi connectivity index (χ2v) is 3.38. The highest BCUT2D eigenvalue weighted by molar-refractivity contribution is 5.87. The van der Waals surface area contributed by atoms with Gasteiger partial charge in [0.05, 0.1) is 0 Å². The summed E-state index contributed by atoms with van der Waals surface area (Å²) < 4.78 is 17.7. The van der Waals surface area contributed by atoms with E-state index >= 15 is 0 Å². The van der Waals surface area contributed by atoms with Crippen molar-refractivity contribution in [1.82, 2.24) is 0 Å². The molecule has 0 amide bonds. The average Bonchev–Trinajstić information content (AvgIpc) is 2.18. The van der Waals surface area contributed by atoms with Gasteiger partial charge in [0.2, 0.25) is 0 Å². The molecule has 0 aliphatic heterocycles. The molecule has 1 unspecified atom stereocenters. The number of benzene rings is 1. The number of ether oxygens (including phenoxy) is 1. The van der Waals surface area contributed by atoms with Gasteiger partial charge in [-0.05, 0) is 31.5 Å². The quantitative estimate of drug-likeness (QED) is 0.563. The Morgan fingerprint density at radius 3 is 2.40 bits per heavy atom. The zero-order valence-electron chi connectivity index (χ0n) is 8.79. The number of carbonyl (C=O) groups excluding carboxylic acids is 1. The van der Waals surface area contributed by atoms with Crippen LogP contribution in [0.3, 0.4) is 0 Å². The van der Waals surface area contributed by atoms with Gasteiger partial charge < -0.3 is 4.74 Å². The summed E-state index contributed by atoms with van der Waals surface area (Å²) in [5.41, 5.74) is 1.11. The van der Waals surface area contributed by atoms with Crippen molar-refractivity contribution in [3.05, 3.63) is 47.8 Å². The first-order valence-corrected chi connectivity index (χ1v) is 4.62. The van der Waals surface area contributed by atoms with Crippen LogP contribution < -0.4 is 0 Å². The van der Waals surface area contributed by atoms with E-state index in [1.165, 1.54) is 12.1 Å². The zero-order valence-corrected chi connectivity index (χ0v) is 8.79. The van der Waals surface area contributed by atoms with Gasteiger partial charge >= 0.3 is 5.97 Å². The first-order valence-electron chi connectivity index (χ1n) is 4.62. The summed E-state index contributed by atoms with van der Waals surface area (Å²) in [4.78, 5) is 11.2. The normalized spacial score (nSPS) is 11.9. The van der Waals surface area contributed by atoms with Crippen molar-refractivity contribution in [3.8, 4) is 0 Å². The molecular weight excluding hydrogens is 195 g/mol. The highest BCUT2D eigenvalue weighted by Crippen LogP contribution is 2.18. The van der Waals surface area contributed by atoms with Crippen LogP contribution in [0.25, 0.3) is 0 Å². The first-order chi connectivity index (χ1) is 7.00. The molecule has 2 nitrogen and oxygen atoms in total. The lowest BCUT2D eigenvalue weighted by Gasteiger charge is -2.13. The summed E-state index contributed by atoms with van der Waals surface area (Å²) in [7, 11) is 0. The predicted octanol–water partition coefficient (Wildman–Crippen LogP) is 3.01. The van der Waals surface area contributed by atoms with Gasteiger partial charge in [0.1, 0.15) is 11.9 Å². The molecule has 1 aromatic carbocycles. The lowest BCUT2D eigenvalue weighted by molar-refractivity contribution is -0.143. The first kappa shape index (κ1) is 11.4. The molecule has 1 atom stereocenters. The fraction of sp³-hybridized carbons (Fsp3) is 0.250. The molecule has 1 rings (SSSR count). The maximum absolute atomic E-state index is 12.6. The van der Waals surface area contributed by atoms with Crippen LogP contribution in [-0.2, 0) is 9.53 Å². The molecule has 0 aliphatic carbocycles. The van der Waals surface area contributed by atoms with E-state index in [-0.39, 0.29) is 5.82 Å². The standard InChI is InChI=1S/C12H13FO2/c1-8(2)12(14)15-9(3)10-4-6-11(13)7-5-10/h4-7,9H,1H2,2-3H3. The van der Waals surface area contributed by atoms with Crippen LogP contribution in [0.1, 0.15) is 25.5 Å². The van der Waals surface area contributed by atoms with E-state index in [4.69, 9.17) is 4.74 Å². The Labute approximate surface area is 88.4 Å². The molecule has 15 heavy (non-hydrogen) atoms. The maximum Gasteiger partial charge on any atom is 0.333 e. The van der Waals surface area contributed by atoms with Crippen molar-refractivity contribution in [2.75, 3.05) is 0 Å². The molecule has 0 N–H and O–H groups in total. The fourth-order valence-electron chi connectivity index (χ4n) is 1.06. The predicted molar refractivity (Wildman–Crippen MR) is 55.7 cm³/mol. The SMILES string of the molecule is C=C(C)C(=O)OC(C)c1ccc(F)cc1. The van der Waals surface area contributed by atoms with Crippen molar-refractivity contribution in [2.24, 2.45) is 0 Å². The van der Waals surface area contributed by atoms with E-state index in [1.54, 1.807) is 26.0 Å². The number of carbonyl (C=O) groups is 1. The van der Waals surface area contributed by atoms with Crippen molar-refractivity contribution < 1.29 is 13.9 Å². The highest BCUT2D eigenvalue weighted by atomic mass is 19.1. The van der Waals surface area contributed by atoms with Crippen LogP contribution in [0.2, 0.25) is 0 Å². The summed E-state index contributed by atoms with van der Waals surface area (Å²) in [6, 6.07) is 5.85. The highest BCUT2D eigenvalue weighted by Gasteiger charge is 2.11. The molecule has 1 aromatic rings. The molecule has 80 valence electrons. The summed E-state index contributed by atoms with van der Waals surface area (Å²) in [6.07, 6.45) is -0.394. The lowest BCUT2D eigenvalue weighted by Crippen LogP contribution is -2.09. The van der Waals surface area contributed by atoms with Gasteiger partial charge in [0.15, 0.2) is 0 Å². The summed E-state index contributed by atoms with van der Waals surface area (Å²) >= 11 is 0. The number of halogens is 1. The molecular formula is C12H13FO2. The zero-order chi connectivity index (χ0) is 11.4. The van der Waals surface area contributed by atoms with E-state index in [1.807, 2.05) is 0 Å². The second-order valence-electron chi connectivity index (χ2n) is 3.38. The average molecular weight is 208 g/mol. The Morgan fingerprint density at radius 1 is 1.40 bits per heavy atom. The Kier molecular flexibility index (Phi) is 3.61. The number of hydrogen-bond acceptors (Lipinski definition) is 2. The van der Waals surface area contributed by atoms with E-state index in [0.717, 1.165) is 5.56 Å². The second kappa shape index (κ2) is 4.73. The number of rotatable bonds is 3. The lowest BCUT2D eigenvalue weighted by atomic mass is 10.1. The molecule has 0 fully saturated rings. The summed E-state index contributed by atoms with van der Waals surface area (Å²) in [5, 5.41) is 0. The van der Waals surface area contributed by atoms with E-state index < -0.39 is 12.1 Å². The summed E-state index contributed by atoms with van der Waals surface area (Å²) in [5.74, 6) is -0.746. The van der Waals surface area contributed by atoms with Gasteiger partial charge in [0.25, 0.3) is 0 Å². The fourth-order valence-corrected chi connectivity index (χ4v) is 1.06. The molecule has 0 aliphatic rings. The van der Waals surface area contributed by atoms with Crippen LogP contribution in [-0.4, -0.2) is 5.97 Å². The van der Waals surface area contributed by atoms with Crippen molar-refractivity contribution in [3.63, 3.8) is 0 Å². The van der Waals surface area contributed by atoms with E-state index in [9.17, 15) is 9.18 Å². The number of hydrogen-bond donors (Lipinski definition) is 0. The molecule has 0 bridgehead atoms. The Hall–Kier alpha value is -1.64. The van der Waals surface area contributed by atoms with E-state index in [2.05, 4.69) is 6.58 Å². The van der Waals surface area contributed by atoms with Gasteiger partial charge in [-0.2, -0.15) is 0 Å². The van der Waals surface area contributed by atoms with Crippen LogP contribution in [0.4, 0.5) is 4.39 Å². The minimum Gasteiger partial charge on any atom is -0.454 e. The topological polar surface area (TPSA) is 26.3 Å². The van der Waals surface area contributed by atoms with Gasteiger partial charge in [-0.15, -0.1) is 0 Å². The van der Waals surface area contributed by atoms with Gasteiger partial charge in [-0.1, -0.05) is 18.7 Å². The molecule has 0 saturated carbocycles. The number of esters is 1. The molecule has 0 heterocycles. The Morgan fingerprint density at radius 2 is 1.93 bits per heavy atom. The Balaban J connectivity index is 2.69. The third-order valence-corrected chi connectivity index (χ3v) is 1.97. The smallest absolute Gasteiger partial charge is 0.333 e. The minimum atomic E-state index is -0.438. The molecule has 3 heteroatoms. The monoisotopic (exact) mass is 208 g/mol. The largest absolute Gasteiger partial charge is 0.454 e. The van der Waals surface area contributed by atoms with Gasteiger partial charge in [0, 0.05) is 5.57 Å². The summed E-state index contributed by atoms with van der Waals surface area (Å²) in [6.45, 7) is 6.79. The van der Waals surface area contributed by atoms with Gasteiger partial charge in [-0.3, -0.25) is 0 Å². The van der Waals surface area contributed by atoms with Crippen LogP contribution in [0.5, 0.6) is 0 Å². The maximum atomic E-state index is 12.6. The molecule has 0 radical (unpaired) electrons. The Bertz CT molecular complexity index is 368. The van der Waals surface area contributed by atoms with Gasteiger partial charge in [-0.25, -0.2) is 9.18 Å². The van der Waals surface area contributed by atoms with Crippen LogP contribution in [0, 0.1) is 5.82 Å². The van der Waals surface area contributed by atoms with Crippen molar-refractivity contribution >= 4 is 5.97 Å². The molecule has 0 aromatic heterocycles. The molecule has 0 spiro atoms. The van der Waals surface area contributed by atoms with Crippen LogP contribution >= 0.6 is 0 Å². The van der Waals surface area contributed by atoms with Crippen molar-refractivity contribution in [1.29, 1.82) is 0 Å². The van der Waals surface area contributed by atoms with Crippen molar-refractivity contribution in [2.45, 2.75) is 20.0 Å². The third kappa shape index (κ3) is 3.20. The minimum absolute atomic E-state index is 0.308. The van der Waals surface area contributed by atoms with E-state index in [0.29, 0.717) is 5.57 Å². The molecule has 0 saturated heterocycles. The third-order valence-electron chi connectivity index (χ3n) is 1.97.